The van der Waals surface area contributed by atoms with Crippen LogP contribution >= 0.6 is 0 Å². The molecule has 0 aliphatic carbocycles. The van der Waals surface area contributed by atoms with Gasteiger partial charge in [0.25, 0.3) is 5.91 Å². The van der Waals surface area contributed by atoms with Crippen molar-refractivity contribution < 1.29 is 14.3 Å². The number of nitrogens with one attached hydrogen (secondary N) is 2. The largest absolute Gasteiger partial charge is 0.490 e. The van der Waals surface area contributed by atoms with E-state index in [-0.39, 0.29) is 12.0 Å². The molecule has 2 atom stereocenters. The van der Waals surface area contributed by atoms with E-state index in [4.69, 9.17) is 9.47 Å². The van der Waals surface area contributed by atoms with Crippen LogP contribution in [0.25, 0.3) is 0 Å². The van der Waals surface area contributed by atoms with Gasteiger partial charge in [-0.25, -0.2) is 0 Å². The van der Waals surface area contributed by atoms with Crippen LogP contribution in [0.1, 0.15) is 35.7 Å². The summed E-state index contributed by atoms with van der Waals surface area (Å²) in [6.45, 7) is 3.29. The summed E-state index contributed by atoms with van der Waals surface area (Å²) in [7, 11) is 0. The maximum Gasteiger partial charge on any atom is 0.255 e. The van der Waals surface area contributed by atoms with Gasteiger partial charge in [0.2, 0.25) is 0 Å². The van der Waals surface area contributed by atoms with Crippen LogP contribution in [0.2, 0.25) is 0 Å². The van der Waals surface area contributed by atoms with E-state index in [9.17, 15) is 4.79 Å². The van der Waals surface area contributed by atoms with Crippen molar-refractivity contribution >= 4 is 11.6 Å². The van der Waals surface area contributed by atoms with Gasteiger partial charge in [-0.15, -0.1) is 0 Å². The predicted molar refractivity (Wildman–Crippen MR) is 95.8 cm³/mol. The summed E-state index contributed by atoms with van der Waals surface area (Å²) < 4.78 is 11.7. The zero-order valence-corrected chi connectivity index (χ0v) is 14.2. The van der Waals surface area contributed by atoms with Gasteiger partial charge in [0.05, 0.1) is 11.7 Å². The van der Waals surface area contributed by atoms with E-state index in [1.807, 2.05) is 55.5 Å². The Hall–Kier alpha value is -2.53. The first kappa shape index (κ1) is 16.0. The highest BCUT2D eigenvalue weighted by Gasteiger charge is 2.36. The summed E-state index contributed by atoms with van der Waals surface area (Å²) >= 11 is 0. The van der Waals surface area contributed by atoms with Crippen molar-refractivity contribution in [1.82, 2.24) is 5.32 Å². The second-order valence-electron chi connectivity index (χ2n) is 6.69. The molecule has 1 amide bonds. The lowest BCUT2D eigenvalue weighted by Crippen LogP contribution is -2.53. The number of benzene rings is 2. The first-order chi connectivity index (χ1) is 12.2. The molecule has 5 nitrogen and oxygen atoms in total. The zero-order valence-electron chi connectivity index (χ0n) is 14.2. The molecule has 0 radical (unpaired) electrons. The fourth-order valence-corrected chi connectivity index (χ4v) is 3.48. The minimum Gasteiger partial charge on any atom is -0.490 e. The molecule has 4 rings (SSSR count). The van der Waals surface area contributed by atoms with E-state index >= 15 is 0 Å². The molecule has 2 heterocycles. The van der Waals surface area contributed by atoms with E-state index in [0.29, 0.717) is 12.2 Å². The molecule has 0 spiro atoms. The Labute approximate surface area is 147 Å². The number of carbonyl (C=O) groups excluding carboxylic acids is 1. The third-order valence-corrected chi connectivity index (χ3v) is 4.79. The van der Waals surface area contributed by atoms with Gasteiger partial charge in [0.1, 0.15) is 18.0 Å². The average Bonchev–Trinajstić information content (AvgIpc) is 3.14. The Bertz CT molecular complexity index is 786. The number of anilines is 1. The van der Waals surface area contributed by atoms with E-state index in [1.165, 1.54) is 0 Å². The van der Waals surface area contributed by atoms with Crippen molar-refractivity contribution in [3.8, 4) is 5.75 Å². The molecule has 0 bridgehead atoms. The molecular formula is C20H22N2O3. The van der Waals surface area contributed by atoms with Crippen molar-refractivity contribution in [2.75, 3.05) is 18.5 Å². The van der Waals surface area contributed by atoms with Gasteiger partial charge < -0.3 is 20.1 Å². The highest BCUT2D eigenvalue weighted by Crippen LogP contribution is 2.35. The molecule has 1 fully saturated rings. The molecule has 2 unspecified atom stereocenters. The highest BCUT2D eigenvalue weighted by atomic mass is 16.5. The molecule has 130 valence electrons. The number of para-hydroxylation sites is 2. The lowest BCUT2D eigenvalue weighted by atomic mass is 9.95. The molecule has 1 saturated heterocycles. The summed E-state index contributed by atoms with van der Waals surface area (Å²) in [5, 5.41) is 6.52. The number of fused-ring (bicyclic) bond motifs is 1. The lowest BCUT2D eigenvalue weighted by Gasteiger charge is -2.38. The van der Waals surface area contributed by atoms with Gasteiger partial charge in [-0.3, -0.25) is 4.79 Å². The second-order valence-corrected chi connectivity index (χ2v) is 6.69. The van der Waals surface area contributed by atoms with Crippen LogP contribution in [0.3, 0.4) is 0 Å². The molecule has 2 N–H and O–H groups in total. The lowest BCUT2D eigenvalue weighted by molar-refractivity contribution is 0.0669. The van der Waals surface area contributed by atoms with E-state index in [2.05, 4.69) is 10.6 Å². The Kier molecular flexibility index (Phi) is 4.09. The van der Waals surface area contributed by atoms with Gasteiger partial charge in [-0.1, -0.05) is 30.3 Å². The summed E-state index contributed by atoms with van der Waals surface area (Å²) in [6.07, 6.45) is 2.26. The van der Waals surface area contributed by atoms with Crippen LogP contribution in [0.5, 0.6) is 5.75 Å². The van der Waals surface area contributed by atoms with Crippen molar-refractivity contribution in [1.29, 1.82) is 0 Å². The van der Waals surface area contributed by atoms with Crippen LogP contribution in [0.15, 0.2) is 48.5 Å². The third kappa shape index (κ3) is 3.07. The normalized spacial score (nSPS) is 25.0. The van der Waals surface area contributed by atoms with Gasteiger partial charge in [0.15, 0.2) is 0 Å². The number of hydrogen-bond donors (Lipinski definition) is 2. The fourth-order valence-electron chi connectivity index (χ4n) is 3.48. The summed E-state index contributed by atoms with van der Waals surface area (Å²) in [5.41, 5.74) is 1.63. The van der Waals surface area contributed by atoms with Crippen molar-refractivity contribution in [2.24, 2.45) is 0 Å². The van der Waals surface area contributed by atoms with E-state index in [1.54, 1.807) is 0 Å². The van der Waals surface area contributed by atoms with Crippen LogP contribution in [-0.4, -0.2) is 25.2 Å². The Morgan fingerprint density at radius 2 is 1.96 bits per heavy atom. The highest BCUT2D eigenvalue weighted by molar-refractivity contribution is 6.02. The standard InChI is InChI=1S/C20H22N2O3/c1-20(21-17-10-4-2-8-15(17)19(23)22-20)16-9-3-5-11-18(16)25-13-14-7-6-12-24-14/h2-5,8-11,14,21H,6-7,12-13H2,1H3,(H,22,23). The minimum absolute atomic E-state index is 0.0919. The third-order valence-electron chi connectivity index (χ3n) is 4.79. The topological polar surface area (TPSA) is 59.6 Å². The molecule has 2 aromatic carbocycles. The summed E-state index contributed by atoms with van der Waals surface area (Å²) in [4.78, 5) is 12.5. The molecule has 0 aromatic heterocycles. The smallest absolute Gasteiger partial charge is 0.255 e. The first-order valence-corrected chi connectivity index (χ1v) is 8.69. The molecular weight excluding hydrogens is 316 g/mol. The zero-order chi connectivity index (χ0) is 17.3. The fraction of sp³-hybridized carbons (Fsp3) is 0.350. The monoisotopic (exact) mass is 338 g/mol. The first-order valence-electron chi connectivity index (χ1n) is 8.69. The Morgan fingerprint density at radius 1 is 1.16 bits per heavy atom. The quantitative estimate of drug-likeness (QED) is 0.898. The number of carbonyl (C=O) groups is 1. The average molecular weight is 338 g/mol. The van der Waals surface area contributed by atoms with Crippen molar-refractivity contribution in [3.63, 3.8) is 0 Å². The maximum absolute atomic E-state index is 12.5. The van der Waals surface area contributed by atoms with Crippen molar-refractivity contribution in [3.05, 3.63) is 59.7 Å². The molecule has 2 aromatic rings. The predicted octanol–water partition coefficient (Wildman–Crippen LogP) is 3.27. The SMILES string of the molecule is CC1(c2ccccc2OCC2CCCO2)NC(=O)c2ccccc2N1. The van der Waals surface area contributed by atoms with Gasteiger partial charge in [-0.2, -0.15) is 0 Å². The Balaban J connectivity index is 1.62. The molecule has 0 saturated carbocycles. The van der Waals surface area contributed by atoms with E-state index < -0.39 is 5.66 Å². The number of hydrogen-bond acceptors (Lipinski definition) is 4. The summed E-state index contributed by atoms with van der Waals surface area (Å²) in [5.74, 6) is 0.665. The second kappa shape index (κ2) is 6.41. The molecule has 2 aliphatic heterocycles. The molecule has 5 heteroatoms. The molecule has 25 heavy (non-hydrogen) atoms. The van der Waals surface area contributed by atoms with Gasteiger partial charge >= 0.3 is 0 Å². The van der Waals surface area contributed by atoms with Gasteiger partial charge in [0, 0.05) is 17.9 Å². The van der Waals surface area contributed by atoms with Crippen molar-refractivity contribution in [2.45, 2.75) is 31.5 Å². The number of ether oxygens (including phenoxy) is 2. The van der Waals surface area contributed by atoms with Gasteiger partial charge in [-0.05, 0) is 38.0 Å². The number of amides is 1. The minimum atomic E-state index is -0.738. The molecule has 2 aliphatic rings. The van der Waals surface area contributed by atoms with Crippen LogP contribution in [-0.2, 0) is 10.4 Å². The summed E-state index contributed by atoms with van der Waals surface area (Å²) in [6, 6.07) is 15.3. The maximum atomic E-state index is 12.5. The van der Waals surface area contributed by atoms with E-state index in [0.717, 1.165) is 36.4 Å². The van der Waals surface area contributed by atoms with Crippen LogP contribution in [0.4, 0.5) is 5.69 Å². The number of rotatable bonds is 4. The van der Waals surface area contributed by atoms with Crippen LogP contribution < -0.4 is 15.4 Å². The Morgan fingerprint density at radius 3 is 2.80 bits per heavy atom. The van der Waals surface area contributed by atoms with Crippen LogP contribution in [0, 0.1) is 0 Å².